The van der Waals surface area contributed by atoms with Gasteiger partial charge in [-0.15, -0.1) is 5.10 Å². The number of hydrogen-bond acceptors (Lipinski definition) is 6. The van der Waals surface area contributed by atoms with Gasteiger partial charge in [0.15, 0.2) is 23.0 Å². The van der Waals surface area contributed by atoms with E-state index in [4.69, 9.17) is 19.2 Å². The van der Waals surface area contributed by atoms with Crippen molar-refractivity contribution in [2.24, 2.45) is 0 Å². The molecule has 7 nitrogen and oxygen atoms in total. The normalized spacial score (nSPS) is 14.1. The van der Waals surface area contributed by atoms with Crippen molar-refractivity contribution in [2.45, 2.75) is 12.5 Å². The number of rotatable bonds is 5. The van der Waals surface area contributed by atoms with Gasteiger partial charge in [-0.2, -0.15) is 0 Å². The molecule has 4 aromatic carbocycles. The second-order valence-electron chi connectivity index (χ2n) is 8.84. The van der Waals surface area contributed by atoms with Gasteiger partial charge in [0.1, 0.15) is 18.7 Å². The van der Waals surface area contributed by atoms with E-state index >= 15 is 0 Å². The summed E-state index contributed by atoms with van der Waals surface area (Å²) < 4.78 is 19.5. The summed E-state index contributed by atoms with van der Waals surface area (Å²) in [4.78, 5) is 9.53. The number of aromatic nitrogens is 4. The molecule has 0 amide bonds. The van der Waals surface area contributed by atoms with E-state index in [1.807, 2.05) is 36.4 Å². The maximum absolute atomic E-state index is 6.37. The Balaban J connectivity index is 1.38. The monoisotopic (exact) mass is 486 g/mol. The third-order valence-corrected chi connectivity index (χ3v) is 6.70. The molecule has 1 aliphatic rings. The molecule has 3 heterocycles. The Kier molecular flexibility index (Phi) is 4.99. The number of fused-ring (bicyclic) bond motifs is 6. The first-order chi connectivity index (χ1) is 18.3. The fourth-order valence-electron chi connectivity index (χ4n) is 5.07. The van der Waals surface area contributed by atoms with Gasteiger partial charge in [0.25, 0.3) is 0 Å². The molecule has 1 atom stereocenters. The molecule has 1 aliphatic heterocycles. The molecule has 0 radical (unpaired) electrons. The Labute approximate surface area is 212 Å². The number of hydrogen-bond donors (Lipinski definition) is 0. The van der Waals surface area contributed by atoms with Crippen molar-refractivity contribution in [3.05, 3.63) is 120 Å². The lowest BCUT2D eigenvalue weighted by Crippen LogP contribution is -2.15. The lowest BCUT2D eigenvalue weighted by molar-refractivity contribution is 0.276. The molecule has 0 fully saturated rings. The molecule has 7 heteroatoms. The maximum atomic E-state index is 6.37. The molecule has 6 aromatic rings. The molecule has 0 saturated heterocycles. The van der Waals surface area contributed by atoms with Gasteiger partial charge in [-0.25, -0.2) is 14.5 Å². The van der Waals surface area contributed by atoms with E-state index in [2.05, 4.69) is 64.7 Å². The van der Waals surface area contributed by atoms with Gasteiger partial charge in [0, 0.05) is 11.5 Å². The average molecular weight is 487 g/mol. The van der Waals surface area contributed by atoms with Crippen molar-refractivity contribution in [1.29, 1.82) is 0 Å². The molecule has 2 aromatic heterocycles. The quantitative estimate of drug-likeness (QED) is 0.291. The summed E-state index contributed by atoms with van der Waals surface area (Å²) in [5.74, 6) is 3.04. The maximum Gasteiger partial charge on any atom is 0.228 e. The second kappa shape index (κ2) is 8.64. The van der Waals surface area contributed by atoms with Crippen LogP contribution in [0.15, 0.2) is 97.3 Å². The highest BCUT2D eigenvalue weighted by molar-refractivity contribution is 5.90. The van der Waals surface area contributed by atoms with Crippen LogP contribution >= 0.6 is 0 Å². The van der Waals surface area contributed by atoms with Gasteiger partial charge in [-0.05, 0) is 34.5 Å². The highest BCUT2D eigenvalue weighted by Crippen LogP contribution is 2.50. The molecule has 37 heavy (non-hydrogen) atoms. The third kappa shape index (κ3) is 3.55. The number of nitrogens with zero attached hydrogens (tertiary/aromatic N) is 4. The molecule has 0 unspecified atom stereocenters. The van der Waals surface area contributed by atoms with Crippen molar-refractivity contribution in [2.75, 3.05) is 7.11 Å². The molecule has 7 rings (SSSR count). The van der Waals surface area contributed by atoms with Crippen LogP contribution in [0.5, 0.6) is 23.1 Å². The van der Waals surface area contributed by atoms with Crippen LogP contribution in [0, 0.1) is 0 Å². The number of benzene rings is 4. The molecular formula is C30H22N4O3. The lowest BCUT2D eigenvalue weighted by atomic mass is 9.81. The van der Waals surface area contributed by atoms with Crippen LogP contribution in [0.25, 0.3) is 16.4 Å². The average Bonchev–Trinajstić information content (AvgIpc) is 3.39. The van der Waals surface area contributed by atoms with Crippen molar-refractivity contribution >= 4 is 16.4 Å². The van der Waals surface area contributed by atoms with E-state index in [0.717, 1.165) is 33.2 Å². The van der Waals surface area contributed by atoms with Crippen LogP contribution in [-0.4, -0.2) is 26.7 Å². The highest BCUT2D eigenvalue weighted by Gasteiger charge is 2.34. The second-order valence-corrected chi connectivity index (χ2v) is 8.84. The van der Waals surface area contributed by atoms with Gasteiger partial charge < -0.3 is 14.2 Å². The van der Waals surface area contributed by atoms with Gasteiger partial charge in [0.2, 0.25) is 5.88 Å². The highest BCUT2D eigenvalue weighted by atomic mass is 16.5. The van der Waals surface area contributed by atoms with E-state index in [1.54, 1.807) is 18.0 Å². The first-order valence-corrected chi connectivity index (χ1v) is 12.0. The summed E-state index contributed by atoms with van der Waals surface area (Å²) in [5.41, 5.74) is 3.81. The summed E-state index contributed by atoms with van der Waals surface area (Å²) in [6.45, 7) is 0.188. The molecule has 0 aliphatic carbocycles. The predicted octanol–water partition coefficient (Wildman–Crippen LogP) is 6.15. The minimum Gasteiger partial charge on any atom is -0.493 e. The minimum absolute atomic E-state index is 0.130. The Morgan fingerprint density at radius 3 is 2.49 bits per heavy atom. The fraction of sp³-hybridized carbons (Fsp3) is 0.100. The SMILES string of the molecule is COc1ccccc1OCc1nc2c3c(ncn2n1)Oc1ccc2ccccc2c1[C@H]3c1ccccc1. The van der Waals surface area contributed by atoms with E-state index in [0.29, 0.717) is 28.9 Å². The first kappa shape index (κ1) is 21.4. The summed E-state index contributed by atoms with van der Waals surface area (Å²) in [6.07, 6.45) is 1.64. The molecule has 0 spiro atoms. The Morgan fingerprint density at radius 2 is 1.62 bits per heavy atom. The minimum atomic E-state index is -0.130. The zero-order valence-electron chi connectivity index (χ0n) is 20.0. The Hall–Kier alpha value is -4.91. The largest absolute Gasteiger partial charge is 0.493 e. The topological polar surface area (TPSA) is 70.8 Å². The van der Waals surface area contributed by atoms with Crippen molar-refractivity contribution < 1.29 is 14.2 Å². The Morgan fingerprint density at radius 1 is 0.838 bits per heavy atom. The van der Waals surface area contributed by atoms with Crippen molar-refractivity contribution in [3.63, 3.8) is 0 Å². The molecular weight excluding hydrogens is 464 g/mol. The summed E-state index contributed by atoms with van der Waals surface area (Å²) in [6, 6.07) is 30.4. The van der Waals surface area contributed by atoms with Crippen molar-refractivity contribution in [1.82, 2.24) is 19.6 Å². The number of methoxy groups -OCH3 is 1. The molecule has 0 N–H and O–H groups in total. The van der Waals surface area contributed by atoms with E-state index in [-0.39, 0.29) is 12.5 Å². The van der Waals surface area contributed by atoms with Gasteiger partial charge >= 0.3 is 0 Å². The standard InChI is InChI=1S/C30H22N4O3/c1-35-22-13-7-8-14-23(22)36-17-25-32-29-28-26(20-10-3-2-4-11-20)27-21-12-6-5-9-19(21)15-16-24(27)37-30(28)31-18-34(29)33-25/h2-16,18,26H,17H2,1H3/t26-/m1/s1. The predicted molar refractivity (Wildman–Crippen MR) is 140 cm³/mol. The number of para-hydroxylation sites is 2. The van der Waals surface area contributed by atoms with Crippen LogP contribution in [-0.2, 0) is 6.61 Å². The van der Waals surface area contributed by atoms with Crippen LogP contribution in [0.1, 0.15) is 28.4 Å². The van der Waals surface area contributed by atoms with E-state index < -0.39 is 0 Å². The molecule has 0 bridgehead atoms. The zero-order chi connectivity index (χ0) is 24.8. The molecule has 0 saturated carbocycles. The summed E-state index contributed by atoms with van der Waals surface area (Å²) in [5, 5.41) is 6.95. The van der Waals surface area contributed by atoms with E-state index in [1.165, 1.54) is 0 Å². The summed E-state index contributed by atoms with van der Waals surface area (Å²) in [7, 11) is 1.62. The van der Waals surface area contributed by atoms with Gasteiger partial charge in [-0.3, -0.25) is 0 Å². The third-order valence-electron chi connectivity index (χ3n) is 6.70. The van der Waals surface area contributed by atoms with Gasteiger partial charge in [-0.1, -0.05) is 72.8 Å². The smallest absolute Gasteiger partial charge is 0.228 e. The van der Waals surface area contributed by atoms with E-state index in [9.17, 15) is 0 Å². The Bertz CT molecular complexity index is 1760. The first-order valence-electron chi connectivity index (χ1n) is 12.0. The fourth-order valence-corrected chi connectivity index (χ4v) is 5.07. The van der Waals surface area contributed by atoms with Crippen LogP contribution in [0.2, 0.25) is 0 Å². The van der Waals surface area contributed by atoms with Crippen LogP contribution in [0.4, 0.5) is 0 Å². The number of ether oxygens (including phenoxy) is 3. The van der Waals surface area contributed by atoms with Crippen LogP contribution < -0.4 is 14.2 Å². The lowest BCUT2D eigenvalue weighted by Gasteiger charge is -2.29. The zero-order valence-corrected chi connectivity index (χ0v) is 20.0. The van der Waals surface area contributed by atoms with Crippen LogP contribution in [0.3, 0.4) is 0 Å². The molecule has 180 valence electrons. The van der Waals surface area contributed by atoms with Gasteiger partial charge in [0.05, 0.1) is 12.7 Å². The van der Waals surface area contributed by atoms with Crippen molar-refractivity contribution in [3.8, 4) is 23.1 Å². The summed E-state index contributed by atoms with van der Waals surface area (Å²) >= 11 is 0.